The molecule has 0 fully saturated rings. The van der Waals surface area contributed by atoms with Gasteiger partial charge in [-0.2, -0.15) is 5.10 Å². The Labute approximate surface area is 145 Å². The van der Waals surface area contributed by atoms with Gasteiger partial charge >= 0.3 is 0 Å². The first-order chi connectivity index (χ1) is 12.2. The van der Waals surface area contributed by atoms with Crippen LogP contribution in [0, 0.1) is 0 Å². The van der Waals surface area contributed by atoms with Gasteiger partial charge in [-0.25, -0.2) is 4.98 Å². The van der Waals surface area contributed by atoms with Gasteiger partial charge in [0.25, 0.3) is 5.91 Å². The molecular weight excluding hydrogens is 318 g/mol. The molecule has 0 radical (unpaired) electrons. The molecule has 7 heteroatoms. The number of carbonyl (C=O) groups excluding carboxylic acids is 1. The molecule has 0 spiro atoms. The fraction of sp³-hybridized carbons (Fsp3) is 0.222. The van der Waals surface area contributed by atoms with Crippen molar-refractivity contribution in [3.63, 3.8) is 0 Å². The summed E-state index contributed by atoms with van der Waals surface area (Å²) in [5.74, 6) is 0.320. The second kappa shape index (κ2) is 7.57. The van der Waals surface area contributed by atoms with Crippen LogP contribution in [0.4, 0.5) is 0 Å². The van der Waals surface area contributed by atoms with E-state index in [1.807, 2.05) is 32.2 Å². The summed E-state index contributed by atoms with van der Waals surface area (Å²) < 4.78 is 7.03. The summed E-state index contributed by atoms with van der Waals surface area (Å²) in [6, 6.07) is 9.13. The number of pyridine rings is 2. The maximum absolute atomic E-state index is 12.2. The van der Waals surface area contributed by atoms with E-state index >= 15 is 0 Å². The van der Waals surface area contributed by atoms with Crippen LogP contribution in [0.15, 0.2) is 48.9 Å². The Hall–Kier alpha value is -3.22. The first-order valence-corrected chi connectivity index (χ1v) is 7.97. The molecule has 0 unspecified atom stereocenters. The number of hydrogen-bond donors (Lipinski definition) is 1. The first-order valence-electron chi connectivity index (χ1n) is 7.97. The van der Waals surface area contributed by atoms with Crippen molar-refractivity contribution in [3.05, 3.63) is 60.0 Å². The van der Waals surface area contributed by atoms with Gasteiger partial charge in [-0.1, -0.05) is 6.07 Å². The Kier molecular flexibility index (Phi) is 5.03. The second-order valence-electron chi connectivity index (χ2n) is 5.39. The molecule has 128 valence electrons. The van der Waals surface area contributed by atoms with Crippen molar-refractivity contribution >= 4 is 5.91 Å². The van der Waals surface area contributed by atoms with Gasteiger partial charge < -0.3 is 10.1 Å². The van der Waals surface area contributed by atoms with Crippen LogP contribution in [-0.4, -0.2) is 32.3 Å². The fourth-order valence-electron chi connectivity index (χ4n) is 2.34. The monoisotopic (exact) mass is 337 g/mol. The van der Waals surface area contributed by atoms with Crippen LogP contribution >= 0.6 is 0 Å². The van der Waals surface area contributed by atoms with Crippen LogP contribution < -0.4 is 10.1 Å². The average Bonchev–Trinajstić information content (AvgIpc) is 3.07. The first kappa shape index (κ1) is 16.6. The third-order valence-electron chi connectivity index (χ3n) is 3.65. The summed E-state index contributed by atoms with van der Waals surface area (Å²) >= 11 is 0. The lowest BCUT2D eigenvalue weighted by Crippen LogP contribution is -2.23. The number of hydrogen-bond acceptors (Lipinski definition) is 5. The molecule has 1 amide bonds. The Morgan fingerprint density at radius 2 is 2.04 bits per heavy atom. The van der Waals surface area contributed by atoms with Crippen LogP contribution in [0.3, 0.4) is 0 Å². The SMILES string of the molecule is CCOc1ccc(C(=O)NCc2ccc(-c3ccnn3C)nc2)cn1. The molecule has 0 aliphatic heterocycles. The van der Waals surface area contributed by atoms with Gasteiger partial charge in [-0.05, 0) is 30.7 Å². The third-order valence-corrected chi connectivity index (χ3v) is 3.65. The van der Waals surface area contributed by atoms with Crippen LogP contribution in [0.1, 0.15) is 22.8 Å². The number of carbonyl (C=O) groups is 1. The maximum atomic E-state index is 12.2. The predicted molar refractivity (Wildman–Crippen MR) is 93.0 cm³/mol. The zero-order valence-electron chi connectivity index (χ0n) is 14.1. The van der Waals surface area contributed by atoms with Gasteiger partial charge in [-0.15, -0.1) is 0 Å². The molecule has 0 saturated carbocycles. The molecule has 3 aromatic rings. The largest absolute Gasteiger partial charge is 0.478 e. The van der Waals surface area contributed by atoms with Crippen molar-refractivity contribution in [3.8, 4) is 17.3 Å². The lowest BCUT2D eigenvalue weighted by atomic mass is 10.2. The Balaban J connectivity index is 1.59. The highest BCUT2D eigenvalue weighted by atomic mass is 16.5. The van der Waals surface area contributed by atoms with Gasteiger partial charge in [0.1, 0.15) is 0 Å². The summed E-state index contributed by atoms with van der Waals surface area (Å²) in [7, 11) is 1.87. The Morgan fingerprint density at radius 1 is 1.16 bits per heavy atom. The molecule has 0 atom stereocenters. The van der Waals surface area contributed by atoms with Crippen molar-refractivity contribution < 1.29 is 9.53 Å². The van der Waals surface area contributed by atoms with Crippen LogP contribution in [0.2, 0.25) is 0 Å². The predicted octanol–water partition coefficient (Wildman–Crippen LogP) is 2.21. The topological polar surface area (TPSA) is 81.9 Å². The van der Waals surface area contributed by atoms with Gasteiger partial charge in [0.05, 0.1) is 23.6 Å². The highest BCUT2D eigenvalue weighted by Crippen LogP contribution is 2.15. The number of rotatable bonds is 6. The number of nitrogens with zero attached hydrogens (tertiary/aromatic N) is 4. The Morgan fingerprint density at radius 3 is 2.64 bits per heavy atom. The molecule has 0 aliphatic carbocycles. The molecule has 7 nitrogen and oxygen atoms in total. The number of aryl methyl sites for hydroxylation is 1. The molecule has 1 N–H and O–H groups in total. The van der Waals surface area contributed by atoms with E-state index in [0.717, 1.165) is 17.0 Å². The zero-order valence-corrected chi connectivity index (χ0v) is 14.1. The van der Waals surface area contributed by atoms with Gasteiger partial charge in [0.2, 0.25) is 5.88 Å². The minimum Gasteiger partial charge on any atom is -0.478 e. The van der Waals surface area contributed by atoms with Crippen molar-refractivity contribution in [2.75, 3.05) is 6.61 Å². The summed E-state index contributed by atoms with van der Waals surface area (Å²) in [5.41, 5.74) is 3.18. The molecule has 0 aliphatic rings. The van der Waals surface area contributed by atoms with Crippen molar-refractivity contribution in [1.29, 1.82) is 0 Å². The lowest BCUT2D eigenvalue weighted by Gasteiger charge is -2.07. The fourth-order valence-corrected chi connectivity index (χ4v) is 2.34. The van der Waals surface area contributed by atoms with E-state index in [1.54, 1.807) is 29.2 Å². The van der Waals surface area contributed by atoms with Crippen molar-refractivity contribution in [2.45, 2.75) is 13.5 Å². The van der Waals surface area contributed by atoms with Crippen LogP contribution in [-0.2, 0) is 13.6 Å². The van der Waals surface area contributed by atoms with Crippen molar-refractivity contribution in [2.24, 2.45) is 7.05 Å². The molecular formula is C18H19N5O2. The van der Waals surface area contributed by atoms with Crippen LogP contribution in [0.5, 0.6) is 5.88 Å². The highest BCUT2D eigenvalue weighted by molar-refractivity contribution is 5.93. The van der Waals surface area contributed by atoms with E-state index in [4.69, 9.17) is 4.74 Å². The normalized spacial score (nSPS) is 10.5. The van der Waals surface area contributed by atoms with Gasteiger partial charge in [-0.3, -0.25) is 14.5 Å². The zero-order chi connectivity index (χ0) is 17.6. The van der Waals surface area contributed by atoms with Gasteiger partial charge in [0, 0.05) is 38.2 Å². The maximum Gasteiger partial charge on any atom is 0.253 e. The Bertz CT molecular complexity index is 841. The van der Waals surface area contributed by atoms with E-state index in [9.17, 15) is 4.79 Å². The van der Waals surface area contributed by atoms with Crippen molar-refractivity contribution in [1.82, 2.24) is 25.1 Å². The van der Waals surface area contributed by atoms with E-state index in [0.29, 0.717) is 24.6 Å². The lowest BCUT2D eigenvalue weighted by molar-refractivity contribution is 0.0950. The molecule has 0 saturated heterocycles. The average molecular weight is 337 g/mol. The third kappa shape index (κ3) is 4.00. The number of nitrogens with one attached hydrogen (secondary N) is 1. The minimum atomic E-state index is -0.189. The minimum absolute atomic E-state index is 0.189. The van der Waals surface area contributed by atoms with E-state index in [2.05, 4.69) is 20.4 Å². The number of ether oxygens (including phenoxy) is 1. The summed E-state index contributed by atoms with van der Waals surface area (Å²) in [4.78, 5) is 20.7. The van der Waals surface area contributed by atoms with Crippen LogP contribution in [0.25, 0.3) is 11.4 Å². The quantitative estimate of drug-likeness (QED) is 0.746. The van der Waals surface area contributed by atoms with E-state index in [1.165, 1.54) is 6.20 Å². The summed E-state index contributed by atoms with van der Waals surface area (Å²) in [5, 5.41) is 6.99. The number of amides is 1. The molecule has 3 rings (SSSR count). The van der Waals surface area contributed by atoms with E-state index in [-0.39, 0.29) is 5.91 Å². The van der Waals surface area contributed by atoms with E-state index < -0.39 is 0 Å². The summed E-state index contributed by atoms with van der Waals surface area (Å²) in [6.07, 6.45) is 4.99. The summed E-state index contributed by atoms with van der Waals surface area (Å²) in [6.45, 7) is 2.82. The molecule has 3 heterocycles. The molecule has 0 aromatic carbocycles. The molecule has 25 heavy (non-hydrogen) atoms. The standard InChI is InChI=1S/C18H19N5O2/c1-3-25-17-7-5-14(12-20-17)18(24)21-11-13-4-6-15(19-10-13)16-8-9-22-23(16)2/h4-10,12H,3,11H2,1-2H3,(H,21,24). The number of aromatic nitrogens is 4. The molecule has 3 aromatic heterocycles. The highest BCUT2D eigenvalue weighted by Gasteiger charge is 2.08. The smallest absolute Gasteiger partial charge is 0.253 e. The van der Waals surface area contributed by atoms with Gasteiger partial charge in [0.15, 0.2) is 0 Å². The molecule has 0 bridgehead atoms. The second-order valence-corrected chi connectivity index (χ2v) is 5.39.